The minimum Gasteiger partial charge on any atom is -0.497 e. The van der Waals surface area contributed by atoms with Crippen molar-refractivity contribution in [2.45, 2.75) is 13.0 Å². The third kappa shape index (κ3) is 3.16. The van der Waals surface area contributed by atoms with Crippen LogP contribution in [0.25, 0.3) is 0 Å². The van der Waals surface area contributed by atoms with Crippen molar-refractivity contribution < 1.29 is 19.1 Å². The van der Waals surface area contributed by atoms with Gasteiger partial charge < -0.3 is 19.7 Å². The van der Waals surface area contributed by atoms with Gasteiger partial charge in [0, 0.05) is 13.2 Å². The number of amides is 2. The molecule has 1 heterocycles. The Morgan fingerprint density at radius 1 is 1.33 bits per heavy atom. The number of benzene rings is 1. The Morgan fingerprint density at radius 2 is 2.00 bits per heavy atom. The number of rotatable bonds is 4. The molecule has 1 unspecified atom stereocenters. The van der Waals surface area contributed by atoms with E-state index in [0.717, 1.165) is 5.56 Å². The Hall–Kier alpha value is -2.50. The predicted molar refractivity (Wildman–Crippen MR) is 76.7 cm³/mol. The summed E-state index contributed by atoms with van der Waals surface area (Å²) in [5.74, 6) is 0.268. The number of ether oxygens (including phenoxy) is 2. The van der Waals surface area contributed by atoms with E-state index in [9.17, 15) is 9.59 Å². The second-order valence-corrected chi connectivity index (χ2v) is 4.57. The molecule has 0 saturated heterocycles. The molecule has 1 aliphatic heterocycles. The summed E-state index contributed by atoms with van der Waals surface area (Å²) in [6.45, 7) is 2.02. The van der Waals surface area contributed by atoms with E-state index >= 15 is 0 Å². The largest absolute Gasteiger partial charge is 0.497 e. The molecule has 21 heavy (non-hydrogen) atoms. The van der Waals surface area contributed by atoms with Crippen molar-refractivity contribution >= 4 is 12.0 Å². The summed E-state index contributed by atoms with van der Waals surface area (Å²) < 4.78 is 10.2. The first kappa shape index (κ1) is 14.9. The van der Waals surface area contributed by atoms with Crippen LogP contribution in [0.4, 0.5) is 4.79 Å². The van der Waals surface area contributed by atoms with Crippen molar-refractivity contribution in [3.05, 3.63) is 41.6 Å². The van der Waals surface area contributed by atoms with Gasteiger partial charge in [-0.3, -0.25) is 0 Å². The van der Waals surface area contributed by atoms with Gasteiger partial charge in [0.05, 0.1) is 25.3 Å². The van der Waals surface area contributed by atoms with E-state index in [4.69, 9.17) is 9.47 Å². The summed E-state index contributed by atoms with van der Waals surface area (Å²) in [5.41, 5.74) is 1.18. The molecule has 1 aromatic rings. The van der Waals surface area contributed by atoms with Gasteiger partial charge in [-0.2, -0.15) is 0 Å². The van der Waals surface area contributed by atoms with Gasteiger partial charge in [-0.1, -0.05) is 12.1 Å². The number of hydrogen-bond donors (Lipinski definition) is 1. The lowest BCUT2D eigenvalue weighted by Crippen LogP contribution is -2.43. The molecule has 0 aromatic heterocycles. The summed E-state index contributed by atoms with van der Waals surface area (Å²) in [6.07, 6.45) is 1.51. The zero-order chi connectivity index (χ0) is 15.4. The first-order valence-electron chi connectivity index (χ1n) is 6.63. The Kier molecular flexibility index (Phi) is 4.47. The van der Waals surface area contributed by atoms with E-state index < -0.39 is 12.0 Å². The summed E-state index contributed by atoms with van der Waals surface area (Å²) in [6, 6.07) is 6.37. The molecule has 6 nitrogen and oxygen atoms in total. The maximum Gasteiger partial charge on any atom is 0.337 e. The minimum absolute atomic E-state index is 0.274. The highest BCUT2D eigenvalue weighted by molar-refractivity contribution is 5.93. The molecule has 1 N–H and O–H groups in total. The van der Waals surface area contributed by atoms with Crippen LogP contribution in [0.5, 0.6) is 5.75 Å². The number of methoxy groups -OCH3 is 1. The summed E-state index contributed by atoms with van der Waals surface area (Å²) in [5, 5.41) is 2.79. The summed E-state index contributed by atoms with van der Waals surface area (Å²) in [7, 11) is 3.16. The Bertz CT molecular complexity index is 566. The van der Waals surface area contributed by atoms with E-state index in [-0.39, 0.29) is 12.6 Å². The standard InChI is InChI=1S/C15H18N2O4/c1-4-21-14(18)12-9-17(2)15(19)16-13(12)10-5-7-11(20-3)8-6-10/h5-9,13H,4H2,1-3H3,(H,16,19). The zero-order valence-corrected chi connectivity index (χ0v) is 12.3. The molecule has 1 atom stereocenters. The molecule has 0 spiro atoms. The third-order valence-electron chi connectivity index (χ3n) is 3.19. The highest BCUT2D eigenvalue weighted by Gasteiger charge is 2.31. The van der Waals surface area contributed by atoms with E-state index in [1.54, 1.807) is 33.2 Å². The van der Waals surface area contributed by atoms with Gasteiger partial charge in [0.1, 0.15) is 5.75 Å². The van der Waals surface area contributed by atoms with Gasteiger partial charge in [0.2, 0.25) is 0 Å². The Morgan fingerprint density at radius 3 is 2.57 bits per heavy atom. The number of carbonyl (C=O) groups excluding carboxylic acids is 2. The van der Waals surface area contributed by atoms with Crippen LogP contribution >= 0.6 is 0 Å². The lowest BCUT2D eigenvalue weighted by Gasteiger charge is -2.29. The van der Waals surface area contributed by atoms with Crippen molar-refractivity contribution in [2.24, 2.45) is 0 Å². The molecule has 6 heteroatoms. The van der Waals surface area contributed by atoms with Crippen LogP contribution in [-0.2, 0) is 9.53 Å². The van der Waals surface area contributed by atoms with Crippen LogP contribution in [0.2, 0.25) is 0 Å². The van der Waals surface area contributed by atoms with E-state index in [1.165, 1.54) is 11.1 Å². The highest BCUT2D eigenvalue weighted by atomic mass is 16.5. The molecule has 0 fully saturated rings. The van der Waals surface area contributed by atoms with E-state index in [2.05, 4.69) is 5.32 Å². The van der Waals surface area contributed by atoms with Crippen LogP contribution in [0.1, 0.15) is 18.5 Å². The van der Waals surface area contributed by atoms with Gasteiger partial charge in [-0.25, -0.2) is 9.59 Å². The van der Waals surface area contributed by atoms with Crippen LogP contribution in [0, 0.1) is 0 Å². The number of carbonyl (C=O) groups is 2. The van der Waals surface area contributed by atoms with Gasteiger partial charge in [-0.05, 0) is 24.6 Å². The molecule has 1 aliphatic rings. The van der Waals surface area contributed by atoms with Crippen molar-refractivity contribution in [2.75, 3.05) is 20.8 Å². The second kappa shape index (κ2) is 6.30. The van der Waals surface area contributed by atoms with E-state index in [1.807, 2.05) is 12.1 Å². The second-order valence-electron chi connectivity index (χ2n) is 4.57. The molecule has 2 amide bonds. The smallest absolute Gasteiger partial charge is 0.337 e. The van der Waals surface area contributed by atoms with Gasteiger partial charge in [0.15, 0.2) is 0 Å². The number of esters is 1. The third-order valence-corrected chi connectivity index (χ3v) is 3.19. The fraction of sp³-hybridized carbons (Fsp3) is 0.333. The van der Waals surface area contributed by atoms with E-state index in [0.29, 0.717) is 11.3 Å². The number of nitrogens with one attached hydrogen (secondary N) is 1. The maximum atomic E-state index is 12.1. The predicted octanol–water partition coefficient (Wildman–Crippen LogP) is 1.84. The topological polar surface area (TPSA) is 67.9 Å². The number of hydrogen-bond acceptors (Lipinski definition) is 4. The molecule has 112 valence electrons. The van der Waals surface area contributed by atoms with Crippen LogP contribution in [0.3, 0.4) is 0 Å². The Balaban J connectivity index is 2.35. The number of nitrogens with zero attached hydrogens (tertiary/aromatic N) is 1. The summed E-state index contributed by atoms with van der Waals surface area (Å²) >= 11 is 0. The van der Waals surface area contributed by atoms with Crippen LogP contribution < -0.4 is 10.1 Å². The zero-order valence-electron chi connectivity index (χ0n) is 12.3. The Labute approximate surface area is 123 Å². The summed E-state index contributed by atoms with van der Waals surface area (Å²) in [4.78, 5) is 25.2. The fourth-order valence-electron chi connectivity index (χ4n) is 2.09. The van der Waals surface area contributed by atoms with Crippen molar-refractivity contribution in [3.63, 3.8) is 0 Å². The molecule has 1 aromatic carbocycles. The molecular weight excluding hydrogens is 272 g/mol. The first-order valence-corrected chi connectivity index (χ1v) is 6.63. The van der Waals surface area contributed by atoms with Gasteiger partial charge in [-0.15, -0.1) is 0 Å². The monoisotopic (exact) mass is 290 g/mol. The minimum atomic E-state index is -0.529. The molecule has 0 saturated carbocycles. The van der Waals surface area contributed by atoms with Crippen molar-refractivity contribution in [1.29, 1.82) is 0 Å². The average molecular weight is 290 g/mol. The molecule has 0 bridgehead atoms. The molecule has 0 radical (unpaired) electrons. The van der Waals surface area contributed by atoms with Gasteiger partial charge >= 0.3 is 12.0 Å². The molecular formula is C15H18N2O4. The molecule has 2 rings (SSSR count). The highest BCUT2D eigenvalue weighted by Crippen LogP contribution is 2.27. The van der Waals surface area contributed by atoms with Crippen LogP contribution in [-0.4, -0.2) is 37.7 Å². The lowest BCUT2D eigenvalue weighted by atomic mass is 9.98. The normalized spacial score (nSPS) is 17.9. The van der Waals surface area contributed by atoms with Crippen LogP contribution in [0.15, 0.2) is 36.0 Å². The first-order chi connectivity index (χ1) is 10.1. The number of urea groups is 1. The maximum absolute atomic E-state index is 12.1. The van der Waals surface area contributed by atoms with Crippen molar-refractivity contribution in [1.82, 2.24) is 10.2 Å². The lowest BCUT2D eigenvalue weighted by molar-refractivity contribution is -0.139. The van der Waals surface area contributed by atoms with Crippen molar-refractivity contribution in [3.8, 4) is 5.75 Å². The fourth-order valence-corrected chi connectivity index (χ4v) is 2.09. The average Bonchev–Trinajstić information content (AvgIpc) is 2.50. The SMILES string of the molecule is CCOC(=O)C1=CN(C)C(=O)NC1c1ccc(OC)cc1. The molecule has 0 aliphatic carbocycles. The quantitative estimate of drug-likeness (QED) is 0.859. The van der Waals surface area contributed by atoms with Gasteiger partial charge in [0.25, 0.3) is 0 Å².